The highest BCUT2D eigenvalue weighted by Crippen LogP contribution is 2.32. The van der Waals surface area contributed by atoms with Gasteiger partial charge in [0.15, 0.2) is 0 Å². The number of benzene rings is 2. The third-order valence-electron chi connectivity index (χ3n) is 3.74. The molecule has 1 aliphatic rings. The highest BCUT2D eigenvalue weighted by molar-refractivity contribution is 5.38. The normalized spacial score (nSPS) is 17.6. The summed E-state index contributed by atoms with van der Waals surface area (Å²) < 4.78 is 5.75. The van der Waals surface area contributed by atoms with Crippen LogP contribution in [0.25, 0.3) is 0 Å². The predicted octanol–water partition coefficient (Wildman–Crippen LogP) is 3.34. The number of fused-ring (bicyclic) bond motifs is 1. The second-order valence-corrected chi connectivity index (χ2v) is 5.22. The van der Waals surface area contributed by atoms with Crippen molar-refractivity contribution in [2.24, 2.45) is 0 Å². The molecule has 104 valence electrons. The quantitative estimate of drug-likeness (QED) is 0.899. The molecule has 1 atom stereocenters. The first-order valence-corrected chi connectivity index (χ1v) is 6.94. The van der Waals surface area contributed by atoms with Crippen molar-refractivity contribution in [1.82, 2.24) is 0 Å². The maximum atomic E-state index is 10.0. The maximum Gasteiger partial charge on any atom is 0.120 e. The van der Waals surface area contributed by atoms with Gasteiger partial charge >= 0.3 is 0 Å². The number of phenolic OH excluding ortho intramolecular Hbond substituents is 1. The van der Waals surface area contributed by atoms with Gasteiger partial charge in [-0.15, -0.1) is 0 Å². The monoisotopic (exact) mass is 270 g/mol. The molecule has 1 unspecified atom stereocenters. The molecular weight excluding hydrogens is 252 g/mol. The molecule has 2 N–H and O–H groups in total. The number of hydrogen-bond acceptors (Lipinski definition) is 3. The first kappa shape index (κ1) is 13.0. The average Bonchev–Trinajstić information content (AvgIpc) is 2.47. The lowest BCUT2D eigenvalue weighted by Crippen LogP contribution is -2.09. The Hall–Kier alpha value is -2.00. The first-order chi connectivity index (χ1) is 9.72. The lowest BCUT2D eigenvalue weighted by atomic mass is 9.89. The zero-order valence-electron chi connectivity index (χ0n) is 11.2. The Labute approximate surface area is 118 Å². The molecule has 0 aromatic heterocycles. The topological polar surface area (TPSA) is 49.7 Å². The molecule has 0 aliphatic heterocycles. The van der Waals surface area contributed by atoms with Crippen molar-refractivity contribution in [3.05, 3.63) is 59.2 Å². The van der Waals surface area contributed by atoms with Gasteiger partial charge in [0.2, 0.25) is 0 Å². The van der Waals surface area contributed by atoms with Crippen molar-refractivity contribution in [3.8, 4) is 11.5 Å². The van der Waals surface area contributed by atoms with Gasteiger partial charge in [0.05, 0.1) is 6.10 Å². The second kappa shape index (κ2) is 5.55. The van der Waals surface area contributed by atoms with Gasteiger partial charge < -0.3 is 14.9 Å². The molecule has 20 heavy (non-hydrogen) atoms. The summed E-state index contributed by atoms with van der Waals surface area (Å²) in [4.78, 5) is 0. The number of phenols is 1. The van der Waals surface area contributed by atoms with Crippen molar-refractivity contribution >= 4 is 0 Å². The Bertz CT molecular complexity index is 590. The zero-order valence-corrected chi connectivity index (χ0v) is 11.2. The molecule has 0 fully saturated rings. The van der Waals surface area contributed by atoms with Crippen LogP contribution in [0.2, 0.25) is 0 Å². The number of aryl methyl sites for hydroxylation is 1. The van der Waals surface area contributed by atoms with Crippen LogP contribution in [0.5, 0.6) is 11.5 Å². The number of aliphatic hydroxyl groups is 1. The Balaban J connectivity index is 1.72. The SMILES string of the molecule is Oc1ccc(COc2ccc3c(c2)C(O)CCC3)cc1. The standard InChI is InChI=1S/C17H18O3/c18-14-7-4-12(5-8-14)11-20-15-9-6-13-2-1-3-17(19)16(13)10-15/h4-10,17-19H,1-3,11H2. The van der Waals surface area contributed by atoms with Gasteiger partial charge in [-0.3, -0.25) is 0 Å². The van der Waals surface area contributed by atoms with Crippen molar-refractivity contribution in [3.63, 3.8) is 0 Å². The van der Waals surface area contributed by atoms with Crippen molar-refractivity contribution in [2.75, 3.05) is 0 Å². The van der Waals surface area contributed by atoms with Crippen LogP contribution < -0.4 is 4.74 Å². The number of hydrogen-bond donors (Lipinski definition) is 2. The number of rotatable bonds is 3. The van der Waals surface area contributed by atoms with Gasteiger partial charge in [-0.1, -0.05) is 18.2 Å². The summed E-state index contributed by atoms with van der Waals surface area (Å²) in [6, 6.07) is 12.9. The summed E-state index contributed by atoms with van der Waals surface area (Å²) in [7, 11) is 0. The lowest BCUT2D eigenvalue weighted by molar-refractivity contribution is 0.156. The molecule has 1 aliphatic carbocycles. The number of ether oxygens (including phenoxy) is 1. The summed E-state index contributed by atoms with van der Waals surface area (Å²) >= 11 is 0. The Kier molecular flexibility index (Phi) is 3.61. The largest absolute Gasteiger partial charge is 0.508 e. The van der Waals surface area contributed by atoms with Gasteiger partial charge in [-0.25, -0.2) is 0 Å². The minimum atomic E-state index is -0.365. The predicted molar refractivity (Wildman–Crippen MR) is 76.8 cm³/mol. The minimum absolute atomic E-state index is 0.255. The molecule has 0 bridgehead atoms. The summed E-state index contributed by atoms with van der Waals surface area (Å²) in [5.41, 5.74) is 3.22. The molecule has 3 rings (SSSR count). The van der Waals surface area contributed by atoms with Crippen LogP contribution in [0.15, 0.2) is 42.5 Å². The second-order valence-electron chi connectivity index (χ2n) is 5.22. The molecule has 3 nitrogen and oxygen atoms in total. The van der Waals surface area contributed by atoms with E-state index in [0.29, 0.717) is 6.61 Å². The van der Waals surface area contributed by atoms with Crippen LogP contribution in [0.4, 0.5) is 0 Å². The minimum Gasteiger partial charge on any atom is -0.508 e. The van der Waals surface area contributed by atoms with E-state index in [4.69, 9.17) is 4.74 Å². The summed E-state index contributed by atoms with van der Waals surface area (Å²) in [6.45, 7) is 0.454. The van der Waals surface area contributed by atoms with E-state index in [1.807, 2.05) is 30.3 Å². The third-order valence-corrected chi connectivity index (χ3v) is 3.74. The number of aromatic hydroxyl groups is 1. The third kappa shape index (κ3) is 2.78. The summed E-state index contributed by atoms with van der Waals surface area (Å²) in [6.07, 6.45) is 2.54. The fourth-order valence-electron chi connectivity index (χ4n) is 2.60. The maximum absolute atomic E-state index is 10.0. The smallest absolute Gasteiger partial charge is 0.120 e. The van der Waals surface area contributed by atoms with Crippen LogP contribution in [-0.2, 0) is 13.0 Å². The van der Waals surface area contributed by atoms with Crippen LogP contribution in [-0.4, -0.2) is 10.2 Å². The van der Waals surface area contributed by atoms with Crippen LogP contribution in [0, 0.1) is 0 Å². The van der Waals surface area contributed by atoms with Crippen LogP contribution in [0.3, 0.4) is 0 Å². The fraction of sp³-hybridized carbons (Fsp3) is 0.294. The number of aliphatic hydroxyl groups excluding tert-OH is 1. The zero-order chi connectivity index (χ0) is 13.9. The Morgan fingerprint density at radius 3 is 2.70 bits per heavy atom. The molecule has 0 amide bonds. The van der Waals surface area contributed by atoms with Crippen molar-refractivity contribution in [2.45, 2.75) is 32.0 Å². The van der Waals surface area contributed by atoms with Crippen LogP contribution >= 0.6 is 0 Å². The molecule has 0 radical (unpaired) electrons. The van der Waals surface area contributed by atoms with Gasteiger partial charge in [-0.2, -0.15) is 0 Å². The van der Waals surface area contributed by atoms with E-state index in [-0.39, 0.29) is 11.9 Å². The van der Waals surface area contributed by atoms with Gasteiger partial charge in [0.25, 0.3) is 0 Å². The molecule has 0 spiro atoms. The van der Waals surface area contributed by atoms with E-state index in [9.17, 15) is 10.2 Å². The van der Waals surface area contributed by atoms with E-state index >= 15 is 0 Å². The molecule has 0 saturated carbocycles. The van der Waals surface area contributed by atoms with E-state index in [1.165, 1.54) is 5.56 Å². The summed E-state index contributed by atoms with van der Waals surface area (Å²) in [5.74, 6) is 1.03. The van der Waals surface area contributed by atoms with E-state index in [2.05, 4.69) is 0 Å². The van der Waals surface area contributed by atoms with E-state index < -0.39 is 0 Å². The molecule has 2 aromatic carbocycles. The van der Waals surface area contributed by atoms with Crippen LogP contribution in [0.1, 0.15) is 35.6 Å². The fourth-order valence-corrected chi connectivity index (χ4v) is 2.60. The average molecular weight is 270 g/mol. The van der Waals surface area contributed by atoms with Gasteiger partial charge in [0, 0.05) is 0 Å². The van der Waals surface area contributed by atoms with Crippen molar-refractivity contribution < 1.29 is 14.9 Å². The highest BCUT2D eigenvalue weighted by atomic mass is 16.5. The lowest BCUT2D eigenvalue weighted by Gasteiger charge is -2.22. The molecule has 3 heteroatoms. The Morgan fingerprint density at radius 2 is 1.90 bits per heavy atom. The van der Waals surface area contributed by atoms with Gasteiger partial charge in [0.1, 0.15) is 18.1 Å². The van der Waals surface area contributed by atoms with E-state index in [1.54, 1.807) is 12.1 Å². The molecule has 2 aromatic rings. The van der Waals surface area contributed by atoms with E-state index in [0.717, 1.165) is 36.1 Å². The molecule has 0 heterocycles. The van der Waals surface area contributed by atoms with Crippen molar-refractivity contribution in [1.29, 1.82) is 0 Å². The summed E-state index contributed by atoms with van der Waals surface area (Å²) in [5, 5.41) is 19.3. The molecule has 0 saturated heterocycles. The Morgan fingerprint density at radius 1 is 1.10 bits per heavy atom. The highest BCUT2D eigenvalue weighted by Gasteiger charge is 2.18. The molecular formula is C17H18O3. The van der Waals surface area contributed by atoms with Gasteiger partial charge in [-0.05, 0) is 60.2 Å². The first-order valence-electron chi connectivity index (χ1n) is 6.94.